The van der Waals surface area contributed by atoms with Gasteiger partial charge in [-0.3, -0.25) is 0 Å². The maximum Gasteiger partial charge on any atom is 0.0134 e. The Morgan fingerprint density at radius 1 is 1.00 bits per heavy atom. The van der Waals surface area contributed by atoms with Gasteiger partial charge in [0.05, 0.1) is 0 Å². The van der Waals surface area contributed by atoms with Gasteiger partial charge in [0.2, 0.25) is 0 Å². The Morgan fingerprint density at radius 3 is 1.27 bits per heavy atom. The standard InChI is InChI=1S/C6H6.C3H10N2/c1-2-4-6-5-3-1;1-3(5)2-4/h1-6H;3H,2,4-5H2,1H3. The van der Waals surface area contributed by atoms with Crippen LogP contribution in [0.4, 0.5) is 0 Å². The van der Waals surface area contributed by atoms with Crippen molar-refractivity contribution in [1.82, 2.24) is 0 Å². The zero-order valence-electron chi connectivity index (χ0n) is 6.90. The minimum absolute atomic E-state index is 0.162. The molecule has 0 aliphatic rings. The lowest BCUT2D eigenvalue weighted by Gasteiger charge is -1.92. The van der Waals surface area contributed by atoms with Gasteiger partial charge >= 0.3 is 0 Å². The van der Waals surface area contributed by atoms with Crippen LogP contribution in [0.1, 0.15) is 6.92 Å². The molecular weight excluding hydrogens is 136 g/mol. The quantitative estimate of drug-likeness (QED) is 0.630. The molecule has 1 unspecified atom stereocenters. The second-order valence-electron chi connectivity index (χ2n) is 2.37. The van der Waals surface area contributed by atoms with Crippen molar-refractivity contribution in [3.63, 3.8) is 0 Å². The minimum Gasteiger partial charge on any atom is -0.329 e. The van der Waals surface area contributed by atoms with E-state index in [1.807, 2.05) is 43.3 Å². The monoisotopic (exact) mass is 152 g/mol. The van der Waals surface area contributed by atoms with Crippen molar-refractivity contribution in [3.8, 4) is 0 Å². The molecule has 2 nitrogen and oxygen atoms in total. The topological polar surface area (TPSA) is 52.0 Å². The summed E-state index contributed by atoms with van der Waals surface area (Å²) in [7, 11) is 0. The fourth-order valence-electron chi connectivity index (χ4n) is 0.385. The first-order valence-corrected chi connectivity index (χ1v) is 3.73. The van der Waals surface area contributed by atoms with Crippen LogP contribution in [0.15, 0.2) is 36.4 Å². The molecule has 1 aromatic rings. The molecule has 0 heterocycles. The van der Waals surface area contributed by atoms with Crippen LogP contribution in [0.5, 0.6) is 0 Å². The Morgan fingerprint density at radius 2 is 1.18 bits per heavy atom. The van der Waals surface area contributed by atoms with Crippen molar-refractivity contribution in [1.29, 1.82) is 0 Å². The average Bonchev–Trinajstić information content (AvgIpc) is 2.09. The second kappa shape index (κ2) is 7.25. The maximum absolute atomic E-state index is 5.17. The number of nitrogens with two attached hydrogens (primary N) is 2. The number of benzene rings is 1. The summed E-state index contributed by atoms with van der Waals surface area (Å²) in [5, 5.41) is 0. The normalized spacial score (nSPS) is 11.2. The molecule has 1 aromatic carbocycles. The van der Waals surface area contributed by atoms with Crippen molar-refractivity contribution in [2.75, 3.05) is 6.54 Å². The van der Waals surface area contributed by atoms with E-state index in [-0.39, 0.29) is 6.04 Å². The summed E-state index contributed by atoms with van der Waals surface area (Å²) >= 11 is 0. The molecule has 62 valence electrons. The maximum atomic E-state index is 5.17. The van der Waals surface area contributed by atoms with E-state index < -0.39 is 0 Å². The molecule has 0 radical (unpaired) electrons. The van der Waals surface area contributed by atoms with Crippen LogP contribution < -0.4 is 11.5 Å². The highest BCUT2D eigenvalue weighted by Gasteiger charge is 1.79. The van der Waals surface area contributed by atoms with Gasteiger partial charge in [-0.2, -0.15) is 0 Å². The molecule has 0 aliphatic heterocycles. The Balaban J connectivity index is 0.000000187. The molecule has 1 rings (SSSR count). The highest BCUT2D eigenvalue weighted by atomic mass is 14.7. The van der Waals surface area contributed by atoms with E-state index in [9.17, 15) is 0 Å². The molecule has 0 saturated heterocycles. The number of rotatable bonds is 1. The van der Waals surface area contributed by atoms with Gasteiger partial charge in [-0.05, 0) is 6.92 Å². The lowest BCUT2D eigenvalue weighted by Crippen LogP contribution is -2.25. The van der Waals surface area contributed by atoms with E-state index in [4.69, 9.17) is 11.5 Å². The van der Waals surface area contributed by atoms with Crippen LogP contribution in [-0.2, 0) is 0 Å². The van der Waals surface area contributed by atoms with Crippen molar-refractivity contribution in [2.45, 2.75) is 13.0 Å². The van der Waals surface area contributed by atoms with Crippen molar-refractivity contribution >= 4 is 0 Å². The summed E-state index contributed by atoms with van der Waals surface area (Å²) in [6.45, 7) is 2.46. The van der Waals surface area contributed by atoms with Gasteiger partial charge < -0.3 is 11.5 Å². The Kier molecular flexibility index (Phi) is 6.68. The summed E-state index contributed by atoms with van der Waals surface area (Å²) in [6, 6.07) is 12.2. The van der Waals surface area contributed by atoms with E-state index in [1.165, 1.54) is 0 Å². The highest BCUT2D eigenvalue weighted by Crippen LogP contribution is 1.79. The van der Waals surface area contributed by atoms with Crippen LogP contribution in [0.3, 0.4) is 0 Å². The zero-order valence-corrected chi connectivity index (χ0v) is 6.90. The Hall–Kier alpha value is -0.860. The van der Waals surface area contributed by atoms with Gasteiger partial charge in [0.1, 0.15) is 0 Å². The first-order valence-electron chi connectivity index (χ1n) is 3.73. The minimum atomic E-state index is 0.162. The largest absolute Gasteiger partial charge is 0.329 e. The van der Waals surface area contributed by atoms with Gasteiger partial charge in [0.15, 0.2) is 0 Å². The van der Waals surface area contributed by atoms with Crippen LogP contribution in [0.2, 0.25) is 0 Å². The SMILES string of the molecule is CC(N)CN.c1ccccc1. The van der Waals surface area contributed by atoms with Crippen molar-refractivity contribution in [3.05, 3.63) is 36.4 Å². The molecule has 4 N–H and O–H groups in total. The zero-order chi connectivity index (χ0) is 8.53. The highest BCUT2D eigenvalue weighted by molar-refractivity contribution is 4.99. The molecule has 1 atom stereocenters. The second-order valence-corrected chi connectivity index (χ2v) is 2.37. The van der Waals surface area contributed by atoms with Gasteiger partial charge in [-0.15, -0.1) is 0 Å². The third-order valence-electron chi connectivity index (χ3n) is 1.04. The average molecular weight is 152 g/mol. The predicted octanol–water partition coefficient (Wildman–Crippen LogP) is 0.979. The third kappa shape index (κ3) is 9.14. The predicted molar refractivity (Wildman–Crippen MR) is 49.1 cm³/mol. The van der Waals surface area contributed by atoms with Gasteiger partial charge in [0.25, 0.3) is 0 Å². The van der Waals surface area contributed by atoms with E-state index in [1.54, 1.807) is 0 Å². The molecule has 0 amide bonds. The van der Waals surface area contributed by atoms with Crippen LogP contribution in [0.25, 0.3) is 0 Å². The molecule has 0 aliphatic carbocycles. The van der Waals surface area contributed by atoms with Gasteiger partial charge in [-0.1, -0.05) is 36.4 Å². The summed E-state index contributed by atoms with van der Waals surface area (Å²) < 4.78 is 0. The lowest BCUT2D eigenvalue weighted by atomic mass is 10.4. The molecule has 2 heteroatoms. The molecule has 11 heavy (non-hydrogen) atoms. The molecular formula is C9H16N2. The lowest BCUT2D eigenvalue weighted by molar-refractivity contribution is 0.752. The van der Waals surface area contributed by atoms with Gasteiger partial charge in [-0.25, -0.2) is 0 Å². The third-order valence-corrected chi connectivity index (χ3v) is 1.04. The molecule has 0 spiro atoms. The van der Waals surface area contributed by atoms with E-state index in [0.29, 0.717) is 6.54 Å². The summed E-state index contributed by atoms with van der Waals surface area (Å²) in [6.07, 6.45) is 0. The summed E-state index contributed by atoms with van der Waals surface area (Å²) in [5.41, 5.74) is 10.2. The van der Waals surface area contributed by atoms with Crippen LogP contribution in [0, 0.1) is 0 Å². The van der Waals surface area contributed by atoms with E-state index in [0.717, 1.165) is 0 Å². The Bertz CT molecular complexity index is 122. The molecule has 0 aromatic heterocycles. The first-order chi connectivity index (χ1) is 5.27. The summed E-state index contributed by atoms with van der Waals surface area (Å²) in [4.78, 5) is 0. The fraction of sp³-hybridized carbons (Fsp3) is 0.333. The smallest absolute Gasteiger partial charge is 0.0134 e. The Labute approximate surface area is 68.2 Å². The van der Waals surface area contributed by atoms with Crippen LogP contribution >= 0.6 is 0 Å². The van der Waals surface area contributed by atoms with Crippen molar-refractivity contribution < 1.29 is 0 Å². The molecule has 0 saturated carbocycles. The van der Waals surface area contributed by atoms with E-state index in [2.05, 4.69) is 0 Å². The first kappa shape index (κ1) is 10.1. The van der Waals surface area contributed by atoms with E-state index >= 15 is 0 Å². The van der Waals surface area contributed by atoms with Crippen molar-refractivity contribution in [2.24, 2.45) is 11.5 Å². The van der Waals surface area contributed by atoms with Crippen LogP contribution in [-0.4, -0.2) is 12.6 Å². The molecule has 0 bridgehead atoms. The fourth-order valence-corrected chi connectivity index (χ4v) is 0.385. The number of hydrogen-bond donors (Lipinski definition) is 2. The molecule has 0 fully saturated rings. The number of hydrogen-bond acceptors (Lipinski definition) is 2. The summed E-state index contributed by atoms with van der Waals surface area (Å²) in [5.74, 6) is 0. The van der Waals surface area contributed by atoms with Gasteiger partial charge in [0, 0.05) is 12.6 Å².